The number of benzene rings is 2. The Morgan fingerprint density at radius 2 is 1.83 bits per heavy atom. The van der Waals surface area contributed by atoms with E-state index in [1.807, 2.05) is 43.3 Å². The molecule has 0 radical (unpaired) electrons. The van der Waals surface area contributed by atoms with Crippen molar-refractivity contribution in [2.45, 2.75) is 25.8 Å². The molecule has 0 spiro atoms. The quantitative estimate of drug-likeness (QED) is 0.872. The molecule has 1 aliphatic heterocycles. The third kappa shape index (κ3) is 2.94. The van der Waals surface area contributed by atoms with Crippen LogP contribution < -0.4 is 10.2 Å². The van der Waals surface area contributed by atoms with Crippen LogP contribution in [0.15, 0.2) is 48.5 Å². The van der Waals surface area contributed by atoms with E-state index in [0.29, 0.717) is 16.4 Å². The Labute approximate surface area is 140 Å². The van der Waals surface area contributed by atoms with Crippen LogP contribution in [0.3, 0.4) is 0 Å². The number of para-hydroxylation sites is 2. The van der Waals surface area contributed by atoms with Crippen molar-refractivity contribution in [1.82, 2.24) is 0 Å². The molecule has 3 rings (SSSR count). The second-order valence-electron chi connectivity index (χ2n) is 5.43. The summed E-state index contributed by atoms with van der Waals surface area (Å²) < 4.78 is 0. The van der Waals surface area contributed by atoms with Crippen LogP contribution in [0.4, 0.5) is 11.4 Å². The van der Waals surface area contributed by atoms with E-state index in [-0.39, 0.29) is 18.2 Å². The largest absolute Gasteiger partial charge is 0.372 e. The van der Waals surface area contributed by atoms with Crippen LogP contribution in [0.25, 0.3) is 0 Å². The van der Waals surface area contributed by atoms with Crippen molar-refractivity contribution in [3.63, 3.8) is 0 Å². The second-order valence-corrected chi connectivity index (χ2v) is 5.84. The van der Waals surface area contributed by atoms with Gasteiger partial charge in [0.1, 0.15) is 6.04 Å². The molecule has 0 unspecified atom stereocenters. The van der Waals surface area contributed by atoms with Gasteiger partial charge in [0, 0.05) is 0 Å². The SMILES string of the molecule is CCc1ccccc1N1C(=O)C[C@H](Nc2ccccc2Cl)C1=O. The van der Waals surface area contributed by atoms with Gasteiger partial charge in [-0.3, -0.25) is 9.59 Å². The molecule has 118 valence electrons. The van der Waals surface area contributed by atoms with Crippen molar-refractivity contribution in [2.24, 2.45) is 0 Å². The first kappa shape index (κ1) is 15.6. The maximum Gasteiger partial charge on any atom is 0.256 e. The second kappa shape index (κ2) is 6.42. The van der Waals surface area contributed by atoms with E-state index >= 15 is 0 Å². The molecule has 1 atom stereocenters. The zero-order valence-corrected chi connectivity index (χ0v) is 13.5. The zero-order chi connectivity index (χ0) is 16.4. The Bertz CT molecular complexity index is 760. The van der Waals surface area contributed by atoms with E-state index in [1.165, 1.54) is 4.90 Å². The van der Waals surface area contributed by atoms with Crippen LogP contribution in [0.2, 0.25) is 5.02 Å². The van der Waals surface area contributed by atoms with Crippen molar-refractivity contribution in [3.05, 3.63) is 59.1 Å². The molecule has 2 aromatic carbocycles. The van der Waals surface area contributed by atoms with Crippen LogP contribution in [0.1, 0.15) is 18.9 Å². The Hall–Kier alpha value is -2.33. The summed E-state index contributed by atoms with van der Waals surface area (Å²) in [5, 5.41) is 3.61. The lowest BCUT2D eigenvalue weighted by Crippen LogP contribution is -2.35. The van der Waals surface area contributed by atoms with Crippen molar-refractivity contribution in [2.75, 3.05) is 10.2 Å². The highest BCUT2D eigenvalue weighted by atomic mass is 35.5. The number of imide groups is 1. The van der Waals surface area contributed by atoms with E-state index in [2.05, 4.69) is 5.32 Å². The van der Waals surface area contributed by atoms with Crippen LogP contribution in [-0.4, -0.2) is 17.9 Å². The number of halogens is 1. The van der Waals surface area contributed by atoms with Gasteiger partial charge in [0.2, 0.25) is 5.91 Å². The molecule has 1 heterocycles. The minimum absolute atomic E-state index is 0.127. The van der Waals surface area contributed by atoms with Gasteiger partial charge in [-0.2, -0.15) is 0 Å². The van der Waals surface area contributed by atoms with E-state index in [4.69, 9.17) is 11.6 Å². The van der Waals surface area contributed by atoms with E-state index < -0.39 is 6.04 Å². The van der Waals surface area contributed by atoms with Gasteiger partial charge in [0.05, 0.1) is 22.8 Å². The minimum atomic E-state index is -0.590. The Balaban J connectivity index is 1.87. The predicted octanol–water partition coefficient (Wildman–Crippen LogP) is 3.65. The molecule has 1 N–H and O–H groups in total. The number of hydrogen-bond acceptors (Lipinski definition) is 3. The van der Waals surface area contributed by atoms with Gasteiger partial charge in [-0.25, -0.2) is 4.90 Å². The average Bonchev–Trinajstić information content (AvgIpc) is 2.83. The molecule has 1 fully saturated rings. The number of rotatable bonds is 4. The molecular weight excluding hydrogens is 312 g/mol. The number of nitrogens with zero attached hydrogens (tertiary/aromatic N) is 1. The van der Waals surface area contributed by atoms with Gasteiger partial charge >= 0.3 is 0 Å². The first-order valence-electron chi connectivity index (χ1n) is 7.57. The number of anilines is 2. The van der Waals surface area contributed by atoms with Gasteiger partial charge in [-0.15, -0.1) is 0 Å². The molecule has 0 saturated carbocycles. The molecule has 23 heavy (non-hydrogen) atoms. The van der Waals surface area contributed by atoms with E-state index in [0.717, 1.165) is 12.0 Å². The maximum atomic E-state index is 12.7. The molecule has 4 nitrogen and oxygen atoms in total. The Kier molecular flexibility index (Phi) is 4.35. The predicted molar refractivity (Wildman–Crippen MR) is 91.8 cm³/mol. The van der Waals surface area contributed by atoms with Crippen molar-refractivity contribution in [1.29, 1.82) is 0 Å². The molecule has 1 aliphatic rings. The highest BCUT2D eigenvalue weighted by Crippen LogP contribution is 2.29. The summed E-state index contributed by atoms with van der Waals surface area (Å²) in [6, 6.07) is 14.1. The number of amides is 2. The molecule has 2 amide bonds. The van der Waals surface area contributed by atoms with Crippen LogP contribution in [0.5, 0.6) is 0 Å². The summed E-state index contributed by atoms with van der Waals surface area (Å²) in [4.78, 5) is 26.4. The summed E-state index contributed by atoms with van der Waals surface area (Å²) in [6.07, 6.45) is 0.887. The highest BCUT2D eigenvalue weighted by molar-refractivity contribution is 6.33. The molecule has 0 aromatic heterocycles. The average molecular weight is 329 g/mol. The third-order valence-corrected chi connectivity index (χ3v) is 4.29. The summed E-state index contributed by atoms with van der Waals surface area (Å²) in [5.41, 5.74) is 2.31. The minimum Gasteiger partial charge on any atom is -0.372 e. The first-order chi connectivity index (χ1) is 11.1. The fourth-order valence-electron chi connectivity index (χ4n) is 2.79. The van der Waals surface area contributed by atoms with Crippen molar-refractivity contribution in [3.8, 4) is 0 Å². The first-order valence-corrected chi connectivity index (χ1v) is 7.95. The lowest BCUT2D eigenvalue weighted by atomic mass is 10.1. The summed E-state index contributed by atoms with van der Waals surface area (Å²) in [7, 11) is 0. The van der Waals surface area contributed by atoms with Gasteiger partial charge < -0.3 is 5.32 Å². The fraction of sp³-hybridized carbons (Fsp3) is 0.222. The molecule has 2 aromatic rings. The lowest BCUT2D eigenvalue weighted by Gasteiger charge is -2.19. The molecule has 1 saturated heterocycles. The monoisotopic (exact) mass is 328 g/mol. The number of nitrogens with one attached hydrogen (secondary N) is 1. The normalized spacial score (nSPS) is 17.7. The van der Waals surface area contributed by atoms with E-state index in [1.54, 1.807) is 12.1 Å². The van der Waals surface area contributed by atoms with Gasteiger partial charge in [-0.1, -0.05) is 48.9 Å². The Morgan fingerprint density at radius 1 is 1.13 bits per heavy atom. The summed E-state index contributed by atoms with van der Waals surface area (Å²) in [5.74, 6) is -0.434. The number of aryl methyl sites for hydroxylation is 1. The van der Waals surface area contributed by atoms with Gasteiger partial charge in [-0.05, 0) is 30.2 Å². The maximum absolute atomic E-state index is 12.7. The summed E-state index contributed by atoms with van der Waals surface area (Å²) in [6.45, 7) is 2.00. The zero-order valence-electron chi connectivity index (χ0n) is 12.8. The van der Waals surface area contributed by atoms with Crippen LogP contribution in [0, 0.1) is 0 Å². The standard InChI is InChI=1S/C18H17ClN2O2/c1-2-12-7-3-6-10-16(12)21-17(22)11-15(18(21)23)20-14-9-5-4-8-13(14)19/h3-10,15,20H,2,11H2,1H3/t15-/m0/s1. The Morgan fingerprint density at radius 3 is 2.57 bits per heavy atom. The van der Waals surface area contributed by atoms with Crippen molar-refractivity contribution >= 4 is 34.8 Å². The number of carbonyl (C=O) groups excluding carboxylic acids is 2. The van der Waals surface area contributed by atoms with Gasteiger partial charge in [0.25, 0.3) is 5.91 Å². The molecular formula is C18H17ClN2O2. The third-order valence-electron chi connectivity index (χ3n) is 3.96. The number of hydrogen-bond donors (Lipinski definition) is 1. The van der Waals surface area contributed by atoms with E-state index in [9.17, 15) is 9.59 Å². The summed E-state index contributed by atoms with van der Waals surface area (Å²) >= 11 is 6.12. The fourth-order valence-corrected chi connectivity index (χ4v) is 2.98. The van der Waals surface area contributed by atoms with Crippen LogP contribution in [-0.2, 0) is 16.0 Å². The lowest BCUT2D eigenvalue weighted by molar-refractivity contribution is -0.121. The van der Waals surface area contributed by atoms with Crippen molar-refractivity contribution < 1.29 is 9.59 Å². The molecule has 0 bridgehead atoms. The topological polar surface area (TPSA) is 49.4 Å². The van der Waals surface area contributed by atoms with Gasteiger partial charge in [0.15, 0.2) is 0 Å². The highest BCUT2D eigenvalue weighted by Gasteiger charge is 2.40. The number of carbonyl (C=O) groups is 2. The smallest absolute Gasteiger partial charge is 0.256 e. The van der Waals surface area contributed by atoms with Crippen LogP contribution >= 0.6 is 11.6 Å². The molecule has 5 heteroatoms. The molecule has 0 aliphatic carbocycles.